The number of benzene rings is 1. The number of anilines is 1. The predicted octanol–water partition coefficient (Wildman–Crippen LogP) is 1.52. The highest BCUT2D eigenvalue weighted by Gasteiger charge is 2.15. The average Bonchev–Trinajstić information content (AvgIpc) is 2.26. The van der Waals surface area contributed by atoms with Gasteiger partial charge in [-0.2, -0.15) is 0 Å². The van der Waals surface area contributed by atoms with E-state index in [1.165, 1.54) is 6.26 Å². The van der Waals surface area contributed by atoms with Gasteiger partial charge in [-0.3, -0.25) is 0 Å². The number of sulfone groups is 1. The summed E-state index contributed by atoms with van der Waals surface area (Å²) in [6, 6.07) is 6.60. The molecule has 1 aromatic rings. The van der Waals surface area contributed by atoms with Crippen molar-refractivity contribution in [1.82, 2.24) is 0 Å². The third kappa shape index (κ3) is 4.36. The molecule has 0 aromatic heterocycles. The molecule has 0 amide bonds. The van der Waals surface area contributed by atoms with Crippen molar-refractivity contribution >= 4 is 15.5 Å². The summed E-state index contributed by atoms with van der Waals surface area (Å²) in [7, 11) is -3.14. The van der Waals surface area contributed by atoms with E-state index in [1.54, 1.807) is 24.3 Å². The lowest BCUT2D eigenvalue weighted by Crippen LogP contribution is -2.26. The van der Waals surface area contributed by atoms with Crippen LogP contribution in [0.4, 0.5) is 5.69 Å². The zero-order chi connectivity index (χ0) is 13.1. The second-order valence-electron chi connectivity index (χ2n) is 4.97. The van der Waals surface area contributed by atoms with Gasteiger partial charge in [0, 0.05) is 30.5 Å². The smallest absolute Gasteiger partial charge is 0.175 e. The topological polar surface area (TPSA) is 66.4 Å². The zero-order valence-corrected chi connectivity index (χ0v) is 11.2. The summed E-state index contributed by atoms with van der Waals surface area (Å²) in [5, 5.41) is 12.3. The van der Waals surface area contributed by atoms with E-state index in [0.29, 0.717) is 11.4 Å². The second kappa shape index (κ2) is 5.06. The Labute approximate surface area is 103 Å². The minimum absolute atomic E-state index is 0.0986. The fraction of sp³-hybridized carbons (Fsp3) is 0.500. The molecule has 2 N–H and O–H groups in total. The molecule has 0 aliphatic rings. The van der Waals surface area contributed by atoms with Gasteiger partial charge in [-0.1, -0.05) is 13.8 Å². The van der Waals surface area contributed by atoms with Gasteiger partial charge in [0.25, 0.3) is 0 Å². The van der Waals surface area contributed by atoms with Crippen molar-refractivity contribution in [3.8, 4) is 0 Å². The van der Waals surface area contributed by atoms with E-state index in [9.17, 15) is 8.42 Å². The number of aliphatic hydroxyl groups is 1. The molecule has 1 aromatic carbocycles. The van der Waals surface area contributed by atoms with Crippen LogP contribution in [0.5, 0.6) is 0 Å². The lowest BCUT2D eigenvalue weighted by Gasteiger charge is -2.22. The van der Waals surface area contributed by atoms with Crippen LogP contribution in [0.1, 0.15) is 13.8 Å². The molecule has 5 heteroatoms. The molecule has 4 nitrogen and oxygen atoms in total. The number of hydrogen-bond acceptors (Lipinski definition) is 4. The van der Waals surface area contributed by atoms with Crippen LogP contribution in [0.2, 0.25) is 0 Å². The number of nitrogens with one attached hydrogen (secondary N) is 1. The normalized spacial score (nSPS) is 12.5. The lowest BCUT2D eigenvalue weighted by atomic mass is 9.95. The predicted molar refractivity (Wildman–Crippen MR) is 68.9 cm³/mol. The Balaban J connectivity index is 2.70. The number of hydrogen-bond donors (Lipinski definition) is 2. The molecule has 96 valence electrons. The van der Waals surface area contributed by atoms with Gasteiger partial charge in [0.2, 0.25) is 0 Å². The summed E-state index contributed by atoms with van der Waals surface area (Å²) in [4.78, 5) is 0.310. The molecular weight excluding hydrogens is 238 g/mol. The van der Waals surface area contributed by atoms with E-state index in [4.69, 9.17) is 5.11 Å². The average molecular weight is 257 g/mol. The van der Waals surface area contributed by atoms with Crippen LogP contribution in [-0.2, 0) is 9.84 Å². The van der Waals surface area contributed by atoms with Crippen LogP contribution in [0.15, 0.2) is 29.2 Å². The molecule has 0 saturated heterocycles. The minimum atomic E-state index is -3.14. The Morgan fingerprint density at radius 3 is 2.18 bits per heavy atom. The highest BCUT2D eigenvalue weighted by molar-refractivity contribution is 7.90. The number of aliphatic hydroxyl groups excluding tert-OH is 1. The summed E-state index contributed by atoms with van der Waals surface area (Å²) in [5.41, 5.74) is 0.647. The van der Waals surface area contributed by atoms with Crippen molar-refractivity contribution in [1.29, 1.82) is 0 Å². The quantitative estimate of drug-likeness (QED) is 0.839. The SMILES string of the molecule is CC(C)(CO)CNc1ccc(S(C)(=O)=O)cc1. The Morgan fingerprint density at radius 2 is 1.76 bits per heavy atom. The largest absolute Gasteiger partial charge is 0.396 e. The first-order valence-electron chi connectivity index (χ1n) is 5.39. The van der Waals surface area contributed by atoms with Gasteiger partial charge in [-0.25, -0.2) is 8.42 Å². The summed E-state index contributed by atoms with van der Waals surface area (Å²) in [6.45, 7) is 4.62. The molecule has 0 bridgehead atoms. The van der Waals surface area contributed by atoms with Crippen LogP contribution < -0.4 is 5.32 Å². The molecule has 0 spiro atoms. The maximum absolute atomic E-state index is 11.3. The molecular formula is C12H19NO3S. The Hall–Kier alpha value is -1.07. The molecule has 0 saturated carbocycles. The van der Waals surface area contributed by atoms with Gasteiger partial charge in [-0.05, 0) is 24.3 Å². The molecule has 0 heterocycles. The van der Waals surface area contributed by atoms with Gasteiger partial charge >= 0.3 is 0 Å². The van der Waals surface area contributed by atoms with Gasteiger partial charge in [-0.15, -0.1) is 0 Å². The van der Waals surface area contributed by atoms with Gasteiger partial charge in [0.05, 0.1) is 4.90 Å². The standard InChI is InChI=1S/C12H19NO3S/c1-12(2,9-14)8-13-10-4-6-11(7-5-10)17(3,15)16/h4-7,13-14H,8-9H2,1-3H3. The molecule has 0 aliphatic heterocycles. The maximum atomic E-state index is 11.3. The molecule has 1 rings (SSSR count). The Bertz CT molecular complexity index is 463. The lowest BCUT2D eigenvalue weighted by molar-refractivity contribution is 0.171. The van der Waals surface area contributed by atoms with Crippen molar-refractivity contribution in [2.75, 3.05) is 24.7 Å². The van der Waals surface area contributed by atoms with E-state index in [1.807, 2.05) is 13.8 Å². The van der Waals surface area contributed by atoms with Crippen LogP contribution in [-0.4, -0.2) is 32.9 Å². The summed E-state index contributed by atoms with van der Waals surface area (Å²) in [5.74, 6) is 0. The third-order valence-electron chi connectivity index (χ3n) is 2.48. The minimum Gasteiger partial charge on any atom is -0.396 e. The maximum Gasteiger partial charge on any atom is 0.175 e. The van der Waals surface area contributed by atoms with Crippen LogP contribution >= 0.6 is 0 Å². The first kappa shape index (κ1) is 14.0. The summed E-state index contributed by atoms with van der Waals surface area (Å²) in [6.07, 6.45) is 1.18. The number of rotatable bonds is 5. The molecule has 0 atom stereocenters. The van der Waals surface area contributed by atoms with Crippen molar-refractivity contribution in [3.05, 3.63) is 24.3 Å². The van der Waals surface area contributed by atoms with Crippen molar-refractivity contribution in [2.24, 2.45) is 5.41 Å². The third-order valence-corrected chi connectivity index (χ3v) is 3.61. The van der Waals surface area contributed by atoms with Crippen LogP contribution in [0.25, 0.3) is 0 Å². The van der Waals surface area contributed by atoms with E-state index in [-0.39, 0.29) is 12.0 Å². The summed E-state index contributed by atoms with van der Waals surface area (Å²) >= 11 is 0. The van der Waals surface area contributed by atoms with E-state index in [2.05, 4.69) is 5.32 Å². The zero-order valence-electron chi connectivity index (χ0n) is 10.4. The van der Waals surface area contributed by atoms with Crippen molar-refractivity contribution < 1.29 is 13.5 Å². The highest BCUT2D eigenvalue weighted by Crippen LogP contribution is 2.17. The monoisotopic (exact) mass is 257 g/mol. The van der Waals surface area contributed by atoms with E-state index in [0.717, 1.165) is 5.69 Å². The van der Waals surface area contributed by atoms with Crippen LogP contribution in [0.3, 0.4) is 0 Å². The second-order valence-corrected chi connectivity index (χ2v) is 6.99. The van der Waals surface area contributed by atoms with Crippen molar-refractivity contribution in [2.45, 2.75) is 18.7 Å². The molecule has 0 radical (unpaired) electrons. The highest BCUT2D eigenvalue weighted by atomic mass is 32.2. The molecule has 0 unspecified atom stereocenters. The van der Waals surface area contributed by atoms with Crippen molar-refractivity contribution in [3.63, 3.8) is 0 Å². The molecule has 17 heavy (non-hydrogen) atoms. The van der Waals surface area contributed by atoms with Crippen LogP contribution in [0, 0.1) is 5.41 Å². The first-order chi connectivity index (χ1) is 7.74. The van der Waals surface area contributed by atoms with Gasteiger partial charge in [0.15, 0.2) is 9.84 Å². The fourth-order valence-corrected chi connectivity index (χ4v) is 1.85. The van der Waals surface area contributed by atoms with Gasteiger partial charge in [0.1, 0.15) is 0 Å². The first-order valence-corrected chi connectivity index (χ1v) is 7.29. The fourth-order valence-electron chi connectivity index (χ4n) is 1.22. The van der Waals surface area contributed by atoms with E-state index < -0.39 is 9.84 Å². The molecule has 0 fully saturated rings. The Kier molecular flexibility index (Phi) is 4.16. The van der Waals surface area contributed by atoms with E-state index >= 15 is 0 Å². The Morgan fingerprint density at radius 1 is 1.24 bits per heavy atom. The molecule has 0 aliphatic carbocycles. The summed E-state index contributed by atoms with van der Waals surface area (Å²) < 4.78 is 22.5. The van der Waals surface area contributed by atoms with Gasteiger partial charge < -0.3 is 10.4 Å².